The Bertz CT molecular complexity index is 2350. The topological polar surface area (TPSA) is 224 Å². The van der Waals surface area contributed by atoms with Crippen molar-refractivity contribution in [2.24, 2.45) is 0 Å². The van der Waals surface area contributed by atoms with E-state index in [1.165, 1.54) is 35.8 Å². The largest absolute Gasteiger partial charge is 0.442 e. The standard InChI is InChI=1S/2C22H23FN6O3/c2*1-14(30)25-12-19-13-29(22(31)32-19)18-6-7-20(21(23)8-18)16-4-2-15(3-5-16)9-24-10-17-11-26-28-27-17/h2*2-8,11,19,24H,9-10,12-13H2,1H3,(H,25,30)(H,26,27,28)/t2*19-/m00/s1. The number of aromatic amines is 2. The third kappa shape index (κ3) is 11.9. The van der Waals surface area contributed by atoms with Crippen LogP contribution in [0.15, 0.2) is 97.3 Å². The second kappa shape index (κ2) is 21.0. The maximum absolute atomic E-state index is 14.9. The number of hydrogen-bond donors (Lipinski definition) is 6. The minimum Gasteiger partial charge on any atom is -0.442 e. The van der Waals surface area contributed by atoms with Crippen molar-refractivity contribution in [1.82, 2.24) is 52.1 Å². The maximum Gasteiger partial charge on any atom is 0.414 e. The zero-order valence-corrected chi connectivity index (χ0v) is 34.9. The van der Waals surface area contributed by atoms with Crippen molar-refractivity contribution in [2.45, 2.75) is 52.2 Å². The van der Waals surface area contributed by atoms with Crippen LogP contribution in [0.2, 0.25) is 0 Å². The predicted molar refractivity (Wildman–Crippen MR) is 230 cm³/mol. The number of halogens is 2. The first kappa shape index (κ1) is 44.5. The number of rotatable bonds is 16. The molecule has 20 heteroatoms. The number of hydrogen-bond acceptors (Lipinski definition) is 12. The molecule has 0 radical (unpaired) electrons. The van der Waals surface area contributed by atoms with E-state index in [9.17, 15) is 28.0 Å². The molecule has 2 aliphatic rings. The van der Waals surface area contributed by atoms with Crippen molar-refractivity contribution in [2.75, 3.05) is 36.0 Å². The molecule has 0 bridgehead atoms. The molecule has 64 heavy (non-hydrogen) atoms. The van der Waals surface area contributed by atoms with Gasteiger partial charge in [0, 0.05) is 51.2 Å². The molecule has 2 aliphatic heterocycles. The number of anilines is 2. The van der Waals surface area contributed by atoms with Crippen LogP contribution in [0.25, 0.3) is 22.3 Å². The summed E-state index contributed by atoms with van der Waals surface area (Å²) >= 11 is 0. The zero-order valence-electron chi connectivity index (χ0n) is 34.9. The first-order valence-electron chi connectivity index (χ1n) is 20.3. The number of benzene rings is 4. The number of cyclic esters (lactones) is 2. The first-order chi connectivity index (χ1) is 31.0. The molecule has 332 valence electrons. The molecule has 0 spiro atoms. The van der Waals surface area contributed by atoms with E-state index in [4.69, 9.17) is 9.47 Å². The van der Waals surface area contributed by atoms with Crippen LogP contribution >= 0.6 is 0 Å². The lowest BCUT2D eigenvalue weighted by Gasteiger charge is -2.15. The third-order valence-corrected chi connectivity index (χ3v) is 10.2. The number of carbonyl (C=O) groups excluding carboxylic acids is 4. The van der Waals surface area contributed by atoms with Crippen LogP contribution in [0.4, 0.5) is 29.7 Å². The SMILES string of the molecule is CC(=O)NC[C@H]1CN(c2ccc(-c3ccc(CNCc4cn[nH]n4)cc3)c(F)c2)C(=O)O1.CC(=O)NC[C@H]1CN(c2ccc(-c3ccc(CNCc4cn[nH]n4)cc3)c(F)c2)C(=O)O1. The average Bonchev–Trinajstić information content (AvgIpc) is 4.13. The predicted octanol–water partition coefficient (Wildman–Crippen LogP) is 4.72. The highest BCUT2D eigenvalue weighted by Crippen LogP contribution is 2.31. The highest BCUT2D eigenvalue weighted by Gasteiger charge is 2.34. The highest BCUT2D eigenvalue weighted by molar-refractivity contribution is 5.91. The Morgan fingerprint density at radius 1 is 0.625 bits per heavy atom. The van der Waals surface area contributed by atoms with E-state index >= 15 is 0 Å². The van der Waals surface area contributed by atoms with Gasteiger partial charge in [-0.3, -0.25) is 19.4 Å². The summed E-state index contributed by atoms with van der Waals surface area (Å²) in [6.45, 7) is 6.20. The Hall–Kier alpha value is -7.58. The average molecular weight is 877 g/mol. The van der Waals surface area contributed by atoms with Crippen molar-refractivity contribution < 1.29 is 37.4 Å². The number of ether oxygens (including phenoxy) is 2. The molecular weight excluding hydrogens is 831 g/mol. The van der Waals surface area contributed by atoms with Gasteiger partial charge in [0.05, 0.1) is 61.3 Å². The highest BCUT2D eigenvalue weighted by atomic mass is 19.1. The second-order valence-corrected chi connectivity index (χ2v) is 15.0. The van der Waals surface area contributed by atoms with Crippen LogP contribution in [-0.2, 0) is 45.2 Å². The normalized spacial score (nSPS) is 15.6. The molecule has 0 saturated carbocycles. The van der Waals surface area contributed by atoms with Gasteiger partial charge in [-0.05, 0) is 58.7 Å². The van der Waals surface area contributed by atoms with E-state index in [1.807, 2.05) is 48.5 Å². The molecule has 2 saturated heterocycles. The fourth-order valence-corrected chi connectivity index (χ4v) is 6.90. The van der Waals surface area contributed by atoms with Gasteiger partial charge < -0.3 is 30.7 Å². The van der Waals surface area contributed by atoms with Gasteiger partial charge in [0.15, 0.2) is 0 Å². The monoisotopic (exact) mass is 876 g/mol. The van der Waals surface area contributed by atoms with Crippen LogP contribution in [0.3, 0.4) is 0 Å². The Morgan fingerprint density at radius 3 is 1.38 bits per heavy atom. The van der Waals surface area contributed by atoms with Gasteiger partial charge in [0.25, 0.3) is 0 Å². The molecule has 4 amide bonds. The molecule has 2 aromatic heterocycles. The molecule has 2 atom stereocenters. The van der Waals surface area contributed by atoms with E-state index in [-0.39, 0.29) is 38.0 Å². The summed E-state index contributed by atoms with van der Waals surface area (Å²) in [6, 6.07) is 24.5. The van der Waals surface area contributed by atoms with Crippen LogP contribution in [-0.4, -0.2) is 93.2 Å². The number of amides is 4. The van der Waals surface area contributed by atoms with Gasteiger partial charge in [0.1, 0.15) is 23.8 Å². The molecule has 2 fully saturated rings. The second-order valence-electron chi connectivity index (χ2n) is 15.0. The summed E-state index contributed by atoms with van der Waals surface area (Å²) in [5.74, 6) is -1.27. The molecule has 6 N–H and O–H groups in total. The molecule has 8 rings (SSSR count). The zero-order chi connectivity index (χ0) is 45.0. The van der Waals surface area contributed by atoms with Gasteiger partial charge in [0.2, 0.25) is 11.8 Å². The number of aromatic nitrogens is 6. The van der Waals surface area contributed by atoms with Crippen molar-refractivity contribution >= 4 is 35.4 Å². The smallest absolute Gasteiger partial charge is 0.414 e. The quantitative estimate of drug-likeness (QED) is 0.0777. The summed E-state index contributed by atoms with van der Waals surface area (Å²) in [7, 11) is 0. The van der Waals surface area contributed by atoms with Crippen molar-refractivity contribution in [3.05, 3.63) is 131 Å². The van der Waals surface area contributed by atoms with Crippen molar-refractivity contribution in [1.29, 1.82) is 0 Å². The van der Waals surface area contributed by atoms with Crippen LogP contribution < -0.4 is 31.1 Å². The fourth-order valence-electron chi connectivity index (χ4n) is 6.90. The van der Waals surface area contributed by atoms with Crippen LogP contribution in [0, 0.1) is 11.6 Å². The summed E-state index contributed by atoms with van der Waals surface area (Å²) in [6.07, 6.45) is 1.25. The number of nitrogens with zero attached hydrogens (tertiary/aromatic N) is 6. The minimum atomic E-state index is -0.560. The molecule has 18 nitrogen and oxygen atoms in total. The van der Waals surface area contributed by atoms with E-state index in [2.05, 4.69) is 52.1 Å². The Balaban J connectivity index is 0.000000191. The van der Waals surface area contributed by atoms with E-state index in [0.717, 1.165) is 33.6 Å². The number of H-pyrrole nitrogens is 2. The number of nitrogens with one attached hydrogen (secondary N) is 6. The summed E-state index contributed by atoms with van der Waals surface area (Å²) in [4.78, 5) is 49.1. The third-order valence-electron chi connectivity index (χ3n) is 10.2. The number of carbonyl (C=O) groups is 4. The van der Waals surface area contributed by atoms with Crippen molar-refractivity contribution in [3.8, 4) is 22.3 Å². The first-order valence-corrected chi connectivity index (χ1v) is 20.3. The summed E-state index contributed by atoms with van der Waals surface area (Å²) < 4.78 is 40.2. The summed E-state index contributed by atoms with van der Waals surface area (Å²) in [5, 5.41) is 32.4. The molecular formula is C44H46F2N12O6. The summed E-state index contributed by atoms with van der Waals surface area (Å²) in [5.41, 5.74) is 6.95. The molecule has 0 unspecified atom stereocenters. The molecule has 0 aliphatic carbocycles. The minimum absolute atomic E-state index is 0.202. The molecule has 4 aromatic carbocycles. The fraction of sp³-hybridized carbons (Fsp3) is 0.273. The van der Waals surface area contributed by atoms with E-state index < -0.39 is 36.0 Å². The van der Waals surface area contributed by atoms with Gasteiger partial charge in [-0.25, -0.2) is 18.4 Å². The Kier molecular flexibility index (Phi) is 14.6. The maximum atomic E-state index is 14.9. The lowest BCUT2D eigenvalue weighted by Crippen LogP contribution is -2.33. The van der Waals surface area contributed by atoms with Crippen LogP contribution in [0.1, 0.15) is 36.4 Å². The van der Waals surface area contributed by atoms with Gasteiger partial charge >= 0.3 is 12.2 Å². The lowest BCUT2D eigenvalue weighted by molar-refractivity contribution is -0.120. The van der Waals surface area contributed by atoms with Crippen LogP contribution in [0.5, 0.6) is 0 Å². The Morgan fingerprint density at radius 2 is 1.03 bits per heavy atom. The van der Waals surface area contributed by atoms with Crippen molar-refractivity contribution in [3.63, 3.8) is 0 Å². The lowest BCUT2D eigenvalue weighted by atomic mass is 10.0. The van der Waals surface area contributed by atoms with Gasteiger partial charge in [-0.1, -0.05) is 48.5 Å². The van der Waals surface area contributed by atoms with E-state index in [1.54, 1.807) is 36.7 Å². The van der Waals surface area contributed by atoms with Gasteiger partial charge in [-0.2, -0.15) is 30.8 Å². The molecule has 4 heterocycles. The Labute approximate surface area is 366 Å². The molecule has 6 aromatic rings. The van der Waals surface area contributed by atoms with Gasteiger partial charge in [-0.15, -0.1) is 0 Å². The van der Waals surface area contributed by atoms with E-state index in [0.29, 0.717) is 48.7 Å².